The summed E-state index contributed by atoms with van der Waals surface area (Å²) in [6.45, 7) is 0. The maximum atomic E-state index is 12.2. The first-order chi connectivity index (χ1) is 12.3. The molecule has 0 radical (unpaired) electrons. The van der Waals surface area contributed by atoms with Crippen LogP contribution in [0.15, 0.2) is 60.3 Å². The summed E-state index contributed by atoms with van der Waals surface area (Å²) in [6.07, 6.45) is 6.24. The predicted molar refractivity (Wildman–Crippen MR) is 98.4 cm³/mol. The van der Waals surface area contributed by atoms with Crippen molar-refractivity contribution >= 4 is 22.8 Å². The van der Waals surface area contributed by atoms with E-state index in [9.17, 15) is 4.79 Å². The summed E-state index contributed by atoms with van der Waals surface area (Å²) in [6, 6.07) is 16.4. The minimum Gasteiger partial charge on any atom is -0.485 e. The third-order valence-electron chi connectivity index (χ3n) is 5.07. The van der Waals surface area contributed by atoms with Crippen LogP contribution in [0.1, 0.15) is 24.8 Å². The number of ketones is 1. The zero-order chi connectivity index (χ0) is 16.8. The van der Waals surface area contributed by atoms with Crippen molar-refractivity contribution in [1.82, 2.24) is 4.98 Å². The summed E-state index contributed by atoms with van der Waals surface area (Å²) < 4.78 is 6.08. The number of ether oxygens (including phenoxy) is 1. The van der Waals surface area contributed by atoms with E-state index in [0.29, 0.717) is 6.42 Å². The maximum Gasteiger partial charge on any atom is 0.162 e. The molecule has 3 aromatic rings. The van der Waals surface area contributed by atoms with E-state index in [1.165, 1.54) is 0 Å². The zero-order valence-electron chi connectivity index (χ0n) is 13.7. The van der Waals surface area contributed by atoms with E-state index in [1.807, 2.05) is 24.4 Å². The Labute approximate surface area is 146 Å². The van der Waals surface area contributed by atoms with Gasteiger partial charge in [0.2, 0.25) is 0 Å². The Morgan fingerprint density at radius 2 is 2.00 bits per heavy atom. The molecular formula is C22H17NO2. The number of benzene rings is 2. The Morgan fingerprint density at radius 3 is 2.96 bits per heavy atom. The van der Waals surface area contributed by atoms with E-state index in [1.54, 1.807) is 0 Å². The summed E-state index contributed by atoms with van der Waals surface area (Å²) >= 11 is 0. The second-order valence-corrected chi connectivity index (χ2v) is 6.65. The first kappa shape index (κ1) is 14.4. The normalized spacial score (nSPS) is 19.0. The molecule has 0 bridgehead atoms. The molecule has 1 aliphatic carbocycles. The van der Waals surface area contributed by atoms with Crippen molar-refractivity contribution in [3.63, 3.8) is 0 Å². The number of rotatable bonds is 1. The number of carbonyl (C=O) groups excluding carboxylic acids is 1. The highest BCUT2D eigenvalue weighted by Crippen LogP contribution is 2.38. The molecule has 0 saturated heterocycles. The SMILES string of the molecule is O=C1CCCC2Oc3ccc(-c4cccc5cccnc45)cc3C=C12. The van der Waals surface area contributed by atoms with Gasteiger partial charge in [0.1, 0.15) is 11.9 Å². The maximum absolute atomic E-state index is 12.2. The molecule has 2 aliphatic rings. The Balaban J connectivity index is 1.65. The van der Waals surface area contributed by atoms with Gasteiger partial charge in [-0.25, -0.2) is 0 Å². The van der Waals surface area contributed by atoms with Crippen LogP contribution in [0.25, 0.3) is 28.1 Å². The number of Topliss-reactive ketones (excluding diaryl/α,β-unsaturated/α-hetero) is 1. The summed E-state index contributed by atoms with van der Waals surface area (Å²) in [5.74, 6) is 1.08. The molecule has 1 unspecified atom stereocenters. The van der Waals surface area contributed by atoms with Crippen LogP contribution in [0.2, 0.25) is 0 Å². The van der Waals surface area contributed by atoms with E-state index >= 15 is 0 Å². The van der Waals surface area contributed by atoms with Gasteiger partial charge < -0.3 is 4.74 Å². The minimum absolute atomic E-state index is 0.0705. The second kappa shape index (κ2) is 5.55. The quantitative estimate of drug-likeness (QED) is 0.644. The number of aromatic nitrogens is 1. The Kier molecular flexibility index (Phi) is 3.20. The van der Waals surface area contributed by atoms with Crippen molar-refractivity contribution in [3.05, 3.63) is 65.9 Å². The molecule has 0 amide bonds. The smallest absolute Gasteiger partial charge is 0.162 e. The fraction of sp³-hybridized carbons (Fsp3) is 0.182. The van der Waals surface area contributed by atoms with Crippen molar-refractivity contribution in [3.8, 4) is 16.9 Å². The third kappa shape index (κ3) is 2.35. The summed E-state index contributed by atoms with van der Waals surface area (Å²) in [7, 11) is 0. The average molecular weight is 327 g/mol. The monoisotopic (exact) mass is 327 g/mol. The standard InChI is InChI=1S/C22H17NO2/c24-19-7-2-8-21-18(19)13-16-12-15(9-10-20(16)25-21)17-6-1-4-14-5-3-11-23-22(14)17/h1,3-6,9-13,21H,2,7-8H2. The lowest BCUT2D eigenvalue weighted by Gasteiger charge is -2.30. The molecule has 122 valence electrons. The topological polar surface area (TPSA) is 39.2 Å². The zero-order valence-corrected chi connectivity index (χ0v) is 13.7. The highest BCUT2D eigenvalue weighted by atomic mass is 16.5. The van der Waals surface area contributed by atoms with Crippen molar-refractivity contribution in [1.29, 1.82) is 0 Å². The number of carbonyl (C=O) groups is 1. The number of fused-ring (bicyclic) bond motifs is 3. The van der Waals surface area contributed by atoms with Gasteiger partial charge in [-0.05, 0) is 42.7 Å². The van der Waals surface area contributed by atoms with E-state index in [-0.39, 0.29) is 11.9 Å². The molecule has 0 spiro atoms. The molecular weight excluding hydrogens is 310 g/mol. The number of pyridine rings is 1. The summed E-state index contributed by atoms with van der Waals surface area (Å²) in [5, 5.41) is 1.12. The molecule has 3 heteroatoms. The molecule has 1 atom stereocenters. The molecule has 1 fully saturated rings. The molecule has 0 N–H and O–H groups in total. The van der Waals surface area contributed by atoms with Gasteiger partial charge in [0.05, 0.1) is 5.52 Å². The van der Waals surface area contributed by atoms with Gasteiger partial charge in [-0.3, -0.25) is 9.78 Å². The van der Waals surface area contributed by atoms with Gasteiger partial charge in [-0.1, -0.05) is 30.3 Å². The highest BCUT2D eigenvalue weighted by Gasteiger charge is 2.30. The first-order valence-corrected chi connectivity index (χ1v) is 8.69. The molecule has 5 rings (SSSR count). The predicted octanol–water partition coefficient (Wildman–Crippen LogP) is 4.80. The van der Waals surface area contributed by atoms with Gasteiger partial charge in [0, 0.05) is 34.7 Å². The van der Waals surface area contributed by atoms with Gasteiger partial charge >= 0.3 is 0 Å². The van der Waals surface area contributed by atoms with Gasteiger partial charge in [-0.2, -0.15) is 0 Å². The summed E-state index contributed by atoms with van der Waals surface area (Å²) in [4.78, 5) is 16.8. The van der Waals surface area contributed by atoms with Gasteiger partial charge in [0.25, 0.3) is 0 Å². The van der Waals surface area contributed by atoms with Crippen molar-refractivity contribution in [2.45, 2.75) is 25.4 Å². The van der Waals surface area contributed by atoms with E-state index in [0.717, 1.165) is 51.8 Å². The van der Waals surface area contributed by atoms with Crippen molar-refractivity contribution < 1.29 is 9.53 Å². The Bertz CT molecular complexity index is 1030. The fourth-order valence-electron chi connectivity index (χ4n) is 3.82. The molecule has 1 aliphatic heterocycles. The van der Waals surface area contributed by atoms with Crippen LogP contribution in [0.5, 0.6) is 5.75 Å². The molecule has 1 saturated carbocycles. The van der Waals surface area contributed by atoms with Crippen LogP contribution in [-0.4, -0.2) is 16.9 Å². The summed E-state index contributed by atoms with van der Waals surface area (Å²) in [5.41, 5.74) is 4.97. The lowest BCUT2D eigenvalue weighted by atomic mass is 9.87. The number of hydrogen-bond acceptors (Lipinski definition) is 3. The number of para-hydroxylation sites is 1. The lowest BCUT2D eigenvalue weighted by Crippen LogP contribution is -2.31. The highest BCUT2D eigenvalue weighted by molar-refractivity contribution is 6.02. The number of nitrogens with zero attached hydrogens (tertiary/aromatic N) is 1. The van der Waals surface area contributed by atoms with Crippen LogP contribution in [0.3, 0.4) is 0 Å². The largest absolute Gasteiger partial charge is 0.485 e. The van der Waals surface area contributed by atoms with Crippen LogP contribution >= 0.6 is 0 Å². The number of hydrogen-bond donors (Lipinski definition) is 0. The molecule has 25 heavy (non-hydrogen) atoms. The van der Waals surface area contributed by atoms with Crippen molar-refractivity contribution in [2.75, 3.05) is 0 Å². The van der Waals surface area contributed by atoms with Gasteiger partial charge in [0.15, 0.2) is 5.78 Å². The molecule has 2 aromatic carbocycles. The van der Waals surface area contributed by atoms with E-state index in [2.05, 4.69) is 41.4 Å². The third-order valence-corrected chi connectivity index (χ3v) is 5.07. The van der Waals surface area contributed by atoms with Crippen LogP contribution in [-0.2, 0) is 4.79 Å². The molecule has 1 aromatic heterocycles. The van der Waals surface area contributed by atoms with Crippen LogP contribution in [0.4, 0.5) is 0 Å². The first-order valence-electron chi connectivity index (χ1n) is 8.69. The fourth-order valence-corrected chi connectivity index (χ4v) is 3.82. The van der Waals surface area contributed by atoms with Crippen molar-refractivity contribution in [2.24, 2.45) is 0 Å². The van der Waals surface area contributed by atoms with Crippen LogP contribution in [0, 0.1) is 0 Å². The Hall–Kier alpha value is -2.94. The lowest BCUT2D eigenvalue weighted by molar-refractivity contribution is -0.117. The van der Waals surface area contributed by atoms with E-state index < -0.39 is 0 Å². The van der Waals surface area contributed by atoms with Crippen LogP contribution < -0.4 is 4.74 Å². The Morgan fingerprint density at radius 1 is 1.08 bits per heavy atom. The molecule has 3 nitrogen and oxygen atoms in total. The minimum atomic E-state index is -0.0705. The molecule has 2 heterocycles. The van der Waals surface area contributed by atoms with E-state index in [4.69, 9.17) is 4.74 Å². The second-order valence-electron chi connectivity index (χ2n) is 6.65. The van der Waals surface area contributed by atoms with Gasteiger partial charge in [-0.15, -0.1) is 0 Å². The average Bonchev–Trinajstić information content (AvgIpc) is 2.66.